The number of hydrogen-bond donors (Lipinski definition) is 0. The quantitative estimate of drug-likeness (QED) is 0.586. The SMILES string of the molecule is CS(=O)(=O)n1nnc2nnccc21. The van der Waals surface area contributed by atoms with E-state index in [0.717, 1.165) is 10.3 Å². The van der Waals surface area contributed by atoms with Crippen LogP contribution in [0.4, 0.5) is 0 Å². The molecule has 0 aliphatic carbocycles. The van der Waals surface area contributed by atoms with E-state index in [2.05, 4.69) is 20.5 Å². The molecule has 2 aromatic rings. The number of aromatic nitrogens is 5. The molecule has 0 N–H and O–H groups in total. The molecule has 7 nitrogen and oxygen atoms in total. The molecule has 2 heterocycles. The van der Waals surface area contributed by atoms with Crippen molar-refractivity contribution in [1.29, 1.82) is 0 Å². The van der Waals surface area contributed by atoms with Gasteiger partial charge in [0.1, 0.15) is 5.52 Å². The minimum Gasteiger partial charge on any atom is -0.205 e. The van der Waals surface area contributed by atoms with Crippen molar-refractivity contribution >= 4 is 21.2 Å². The van der Waals surface area contributed by atoms with Gasteiger partial charge < -0.3 is 0 Å². The molecular weight excluding hydrogens is 194 g/mol. The fourth-order valence-electron chi connectivity index (χ4n) is 0.914. The molecule has 0 aliphatic heterocycles. The lowest BCUT2D eigenvalue weighted by molar-refractivity contribution is 0.586. The van der Waals surface area contributed by atoms with Gasteiger partial charge in [0.25, 0.3) is 10.0 Å². The van der Waals surface area contributed by atoms with Crippen molar-refractivity contribution in [3.63, 3.8) is 0 Å². The van der Waals surface area contributed by atoms with Crippen molar-refractivity contribution in [2.45, 2.75) is 0 Å². The lowest BCUT2D eigenvalue weighted by Crippen LogP contribution is -2.11. The lowest BCUT2D eigenvalue weighted by atomic mass is 10.5. The first-order valence-electron chi connectivity index (χ1n) is 3.33. The summed E-state index contributed by atoms with van der Waals surface area (Å²) >= 11 is 0. The number of hydrogen-bond acceptors (Lipinski definition) is 6. The van der Waals surface area contributed by atoms with Crippen LogP contribution in [0.15, 0.2) is 12.3 Å². The predicted octanol–water partition coefficient (Wildman–Crippen LogP) is -0.971. The van der Waals surface area contributed by atoms with Gasteiger partial charge in [-0.3, -0.25) is 0 Å². The van der Waals surface area contributed by atoms with Crippen LogP contribution in [0.5, 0.6) is 0 Å². The molecule has 0 spiro atoms. The zero-order valence-electron chi connectivity index (χ0n) is 6.62. The molecule has 0 aromatic carbocycles. The zero-order chi connectivity index (χ0) is 9.47. The molecule has 68 valence electrons. The van der Waals surface area contributed by atoms with Crippen LogP contribution in [-0.4, -0.2) is 39.3 Å². The molecule has 0 fully saturated rings. The summed E-state index contributed by atoms with van der Waals surface area (Å²) in [5.41, 5.74) is 0.547. The fraction of sp³-hybridized carbons (Fsp3) is 0.200. The Balaban J connectivity index is 2.87. The van der Waals surface area contributed by atoms with Crippen LogP contribution >= 0.6 is 0 Å². The van der Waals surface area contributed by atoms with E-state index >= 15 is 0 Å². The summed E-state index contributed by atoms with van der Waals surface area (Å²) in [4.78, 5) is 0. The summed E-state index contributed by atoms with van der Waals surface area (Å²) in [5.74, 6) is 0. The fourth-order valence-corrected chi connectivity index (χ4v) is 1.58. The highest BCUT2D eigenvalue weighted by Crippen LogP contribution is 2.06. The second-order valence-corrected chi connectivity index (χ2v) is 4.25. The Labute approximate surface area is 73.4 Å². The van der Waals surface area contributed by atoms with Gasteiger partial charge in [0.05, 0.1) is 12.5 Å². The smallest absolute Gasteiger partial charge is 0.205 e. The first-order chi connectivity index (χ1) is 6.09. The van der Waals surface area contributed by atoms with E-state index in [1.165, 1.54) is 12.3 Å². The van der Waals surface area contributed by atoms with Crippen LogP contribution in [0.2, 0.25) is 0 Å². The monoisotopic (exact) mass is 199 g/mol. The molecule has 0 amide bonds. The van der Waals surface area contributed by atoms with Gasteiger partial charge in [-0.2, -0.15) is 5.10 Å². The first kappa shape index (κ1) is 8.05. The largest absolute Gasteiger partial charge is 0.252 e. The summed E-state index contributed by atoms with van der Waals surface area (Å²) in [6.07, 6.45) is 2.43. The number of fused-ring (bicyclic) bond motifs is 1. The molecule has 0 saturated heterocycles. The molecule has 0 aliphatic rings. The van der Waals surface area contributed by atoms with Crippen LogP contribution < -0.4 is 0 Å². The third-order valence-corrected chi connectivity index (χ3v) is 2.32. The lowest BCUT2D eigenvalue weighted by Gasteiger charge is -1.95. The van der Waals surface area contributed by atoms with Crippen LogP contribution in [0.25, 0.3) is 11.2 Å². The van der Waals surface area contributed by atoms with Gasteiger partial charge in [-0.05, 0) is 11.3 Å². The van der Waals surface area contributed by atoms with Crippen molar-refractivity contribution in [3.05, 3.63) is 12.3 Å². The Hall–Kier alpha value is -1.57. The normalized spacial score (nSPS) is 12.1. The highest BCUT2D eigenvalue weighted by Gasteiger charge is 2.12. The Kier molecular flexibility index (Phi) is 1.52. The molecule has 0 bridgehead atoms. The van der Waals surface area contributed by atoms with Crippen molar-refractivity contribution in [2.75, 3.05) is 6.26 Å². The van der Waals surface area contributed by atoms with Crippen LogP contribution in [0.1, 0.15) is 0 Å². The minimum absolute atomic E-state index is 0.216. The number of nitrogens with zero attached hydrogens (tertiary/aromatic N) is 5. The van der Waals surface area contributed by atoms with Crippen molar-refractivity contribution in [3.8, 4) is 0 Å². The van der Waals surface area contributed by atoms with Gasteiger partial charge in [-0.25, -0.2) is 8.42 Å². The molecule has 0 unspecified atom stereocenters. The summed E-state index contributed by atoms with van der Waals surface area (Å²) in [6.45, 7) is 0. The van der Waals surface area contributed by atoms with E-state index in [-0.39, 0.29) is 5.65 Å². The van der Waals surface area contributed by atoms with E-state index in [9.17, 15) is 8.42 Å². The van der Waals surface area contributed by atoms with Gasteiger partial charge in [-0.1, -0.05) is 0 Å². The van der Waals surface area contributed by atoms with E-state index in [1.54, 1.807) is 0 Å². The van der Waals surface area contributed by atoms with Gasteiger partial charge >= 0.3 is 0 Å². The van der Waals surface area contributed by atoms with Crippen molar-refractivity contribution in [1.82, 2.24) is 24.6 Å². The summed E-state index contributed by atoms with van der Waals surface area (Å²) in [6, 6.07) is 1.49. The van der Waals surface area contributed by atoms with Gasteiger partial charge in [-0.15, -0.1) is 14.3 Å². The summed E-state index contributed by atoms with van der Waals surface area (Å²) < 4.78 is 23.1. The van der Waals surface area contributed by atoms with Crippen molar-refractivity contribution in [2.24, 2.45) is 0 Å². The predicted molar refractivity (Wildman–Crippen MR) is 43.4 cm³/mol. The van der Waals surface area contributed by atoms with E-state index < -0.39 is 10.0 Å². The first-order valence-corrected chi connectivity index (χ1v) is 5.17. The average Bonchev–Trinajstić information content (AvgIpc) is 2.45. The van der Waals surface area contributed by atoms with E-state index in [1.807, 2.05) is 0 Å². The van der Waals surface area contributed by atoms with E-state index in [0.29, 0.717) is 5.52 Å². The van der Waals surface area contributed by atoms with Crippen molar-refractivity contribution < 1.29 is 8.42 Å². The Morgan fingerprint density at radius 1 is 1.38 bits per heavy atom. The maximum Gasteiger partial charge on any atom is 0.252 e. The van der Waals surface area contributed by atoms with E-state index in [4.69, 9.17) is 0 Å². The third-order valence-electron chi connectivity index (χ3n) is 1.42. The third kappa shape index (κ3) is 1.24. The Morgan fingerprint density at radius 3 is 2.85 bits per heavy atom. The molecule has 0 saturated carbocycles. The topological polar surface area (TPSA) is 90.6 Å². The van der Waals surface area contributed by atoms with Crippen LogP contribution in [-0.2, 0) is 10.0 Å². The second kappa shape index (κ2) is 2.46. The highest BCUT2D eigenvalue weighted by molar-refractivity contribution is 7.89. The van der Waals surface area contributed by atoms with Crippen LogP contribution in [0.3, 0.4) is 0 Å². The minimum atomic E-state index is -3.41. The maximum absolute atomic E-state index is 11.1. The maximum atomic E-state index is 11.1. The van der Waals surface area contributed by atoms with Crippen LogP contribution in [0, 0.1) is 0 Å². The van der Waals surface area contributed by atoms with Gasteiger partial charge in [0, 0.05) is 0 Å². The molecule has 8 heteroatoms. The standard InChI is InChI=1S/C5H5N5O2S/c1-13(11,12)10-4-2-3-6-7-5(4)8-9-10/h2-3H,1H3. The number of rotatable bonds is 1. The molecule has 13 heavy (non-hydrogen) atoms. The Morgan fingerprint density at radius 2 is 2.15 bits per heavy atom. The van der Waals surface area contributed by atoms with Gasteiger partial charge in [0.15, 0.2) is 0 Å². The Bertz CT molecular complexity index is 545. The zero-order valence-corrected chi connectivity index (χ0v) is 7.43. The molecule has 2 aromatic heterocycles. The molecule has 2 rings (SSSR count). The molecule has 0 atom stereocenters. The summed E-state index contributed by atoms with van der Waals surface area (Å²) in [7, 11) is -3.41. The summed E-state index contributed by atoms with van der Waals surface area (Å²) in [5, 5.41) is 14.1. The van der Waals surface area contributed by atoms with Gasteiger partial charge in [0.2, 0.25) is 5.65 Å². The second-order valence-electron chi connectivity index (χ2n) is 2.44. The highest BCUT2D eigenvalue weighted by atomic mass is 32.2. The molecular formula is C5H5N5O2S. The average molecular weight is 199 g/mol. The molecule has 0 radical (unpaired) electrons.